The molecule has 0 aliphatic rings. The molecule has 0 fully saturated rings. The number of rotatable bonds is 8. The number of carbonyl (C=O) groups is 1. The molecular formula is C32H24BrClN2O3. The highest BCUT2D eigenvalue weighted by molar-refractivity contribution is 9.10. The molecule has 5 rings (SSSR count). The Kier molecular flexibility index (Phi) is 8.07. The quantitative estimate of drug-likeness (QED) is 0.146. The van der Waals surface area contributed by atoms with Gasteiger partial charge in [-0.15, -0.1) is 0 Å². The molecule has 0 atom stereocenters. The summed E-state index contributed by atoms with van der Waals surface area (Å²) in [4.78, 5) is 13.2. The first kappa shape index (κ1) is 26.6. The molecule has 7 heteroatoms. The first-order chi connectivity index (χ1) is 18.9. The van der Waals surface area contributed by atoms with Gasteiger partial charge < -0.3 is 9.84 Å². The zero-order valence-electron chi connectivity index (χ0n) is 20.7. The number of hydrogen-bond donors (Lipinski definition) is 2. The van der Waals surface area contributed by atoms with Crippen LogP contribution < -0.4 is 10.2 Å². The topological polar surface area (TPSA) is 70.9 Å². The summed E-state index contributed by atoms with van der Waals surface area (Å²) in [5.74, 6) is -0.176. The highest BCUT2D eigenvalue weighted by atomic mass is 79.9. The van der Waals surface area contributed by atoms with Crippen molar-refractivity contribution in [3.8, 4) is 5.75 Å². The van der Waals surface area contributed by atoms with Gasteiger partial charge in [-0.05, 0) is 67.2 Å². The molecular weight excluding hydrogens is 576 g/mol. The average molecular weight is 600 g/mol. The second-order valence-corrected chi connectivity index (χ2v) is 10.2. The smallest absolute Gasteiger partial charge is 0.281 e. The van der Waals surface area contributed by atoms with Gasteiger partial charge in [0.1, 0.15) is 6.61 Å². The number of aliphatic hydroxyl groups is 1. The molecule has 5 nitrogen and oxygen atoms in total. The van der Waals surface area contributed by atoms with E-state index in [1.54, 1.807) is 60.7 Å². The maximum Gasteiger partial charge on any atom is 0.281 e. The Bertz CT molecular complexity index is 1580. The molecule has 0 saturated carbocycles. The van der Waals surface area contributed by atoms with Crippen molar-refractivity contribution in [2.45, 2.75) is 12.2 Å². The molecule has 1 amide bonds. The first-order valence-electron chi connectivity index (χ1n) is 12.2. The molecule has 39 heavy (non-hydrogen) atoms. The third-order valence-electron chi connectivity index (χ3n) is 6.31. The van der Waals surface area contributed by atoms with Crippen LogP contribution in [0.2, 0.25) is 5.02 Å². The van der Waals surface area contributed by atoms with Crippen LogP contribution in [0.3, 0.4) is 0 Å². The van der Waals surface area contributed by atoms with Crippen LogP contribution in [-0.4, -0.2) is 17.2 Å². The molecule has 0 bridgehead atoms. The Labute approximate surface area is 239 Å². The number of ether oxygens (including phenoxy) is 1. The van der Waals surface area contributed by atoms with Crippen molar-refractivity contribution >= 4 is 50.4 Å². The summed E-state index contributed by atoms with van der Waals surface area (Å²) in [6, 6.07) is 35.3. The van der Waals surface area contributed by atoms with Gasteiger partial charge >= 0.3 is 0 Å². The second kappa shape index (κ2) is 11.8. The van der Waals surface area contributed by atoms with Gasteiger partial charge in [-0.3, -0.25) is 4.79 Å². The molecule has 0 aliphatic carbocycles. The molecule has 5 aromatic carbocycles. The zero-order valence-corrected chi connectivity index (χ0v) is 23.1. The van der Waals surface area contributed by atoms with E-state index in [2.05, 4.69) is 50.7 Å². The second-order valence-electron chi connectivity index (χ2n) is 8.93. The molecule has 194 valence electrons. The van der Waals surface area contributed by atoms with Crippen LogP contribution in [0.25, 0.3) is 10.8 Å². The van der Waals surface area contributed by atoms with Crippen LogP contribution in [0.15, 0.2) is 125 Å². The molecule has 5 aromatic rings. The SMILES string of the molecule is O=C(N/N=C/c1cc(Cl)c(OCc2ccc3ccccc3c2)c(Br)c1)C(O)(c1ccccc1)c1ccccc1. The van der Waals surface area contributed by atoms with E-state index >= 15 is 0 Å². The summed E-state index contributed by atoms with van der Waals surface area (Å²) < 4.78 is 6.66. The van der Waals surface area contributed by atoms with E-state index in [-0.39, 0.29) is 0 Å². The monoisotopic (exact) mass is 598 g/mol. The van der Waals surface area contributed by atoms with Gasteiger partial charge in [0.25, 0.3) is 5.91 Å². The van der Waals surface area contributed by atoms with Crippen molar-refractivity contribution in [3.05, 3.63) is 147 Å². The predicted octanol–water partition coefficient (Wildman–Crippen LogP) is 7.22. The number of fused-ring (bicyclic) bond motifs is 1. The van der Waals surface area contributed by atoms with E-state index in [1.807, 2.05) is 30.3 Å². The fraction of sp³-hybridized carbons (Fsp3) is 0.0625. The number of halogens is 2. The Morgan fingerprint density at radius 1 is 0.872 bits per heavy atom. The van der Waals surface area contributed by atoms with E-state index in [9.17, 15) is 9.90 Å². The summed E-state index contributed by atoms with van der Waals surface area (Å²) >= 11 is 10.1. The number of hydrazone groups is 1. The van der Waals surface area contributed by atoms with E-state index in [0.29, 0.717) is 38.5 Å². The lowest BCUT2D eigenvalue weighted by molar-refractivity contribution is -0.136. The minimum Gasteiger partial charge on any atom is -0.486 e. The van der Waals surface area contributed by atoms with Gasteiger partial charge in [0, 0.05) is 0 Å². The fourth-order valence-electron chi connectivity index (χ4n) is 4.31. The summed E-state index contributed by atoms with van der Waals surface area (Å²) in [5, 5.41) is 18.3. The summed E-state index contributed by atoms with van der Waals surface area (Å²) in [6.07, 6.45) is 1.46. The van der Waals surface area contributed by atoms with Crippen LogP contribution in [0.4, 0.5) is 0 Å². The molecule has 0 heterocycles. The Morgan fingerprint density at radius 2 is 1.49 bits per heavy atom. The van der Waals surface area contributed by atoms with E-state index in [0.717, 1.165) is 10.9 Å². The lowest BCUT2D eigenvalue weighted by atomic mass is 9.85. The minimum absolute atomic E-state index is 0.351. The number of carbonyl (C=O) groups excluding carboxylic acids is 1. The number of hydrogen-bond acceptors (Lipinski definition) is 4. The van der Waals surface area contributed by atoms with Crippen LogP contribution in [-0.2, 0) is 17.0 Å². The van der Waals surface area contributed by atoms with Crippen molar-refractivity contribution in [1.29, 1.82) is 0 Å². The number of nitrogens with one attached hydrogen (secondary N) is 1. The number of amides is 1. The summed E-state index contributed by atoms with van der Waals surface area (Å²) in [7, 11) is 0. The zero-order chi connectivity index (χ0) is 27.2. The standard InChI is InChI=1S/C32H24BrClN2O3/c33-28-18-23(19-29(34)30(28)39-21-22-15-16-24-9-7-8-10-25(24)17-22)20-35-36-31(37)32(38,26-11-3-1-4-12-26)27-13-5-2-6-14-27/h1-20,38H,21H2,(H,36,37)/b35-20+. The Morgan fingerprint density at radius 3 is 2.13 bits per heavy atom. The lowest BCUT2D eigenvalue weighted by Crippen LogP contribution is -2.43. The Hall–Kier alpha value is -3.97. The number of benzene rings is 5. The normalized spacial score (nSPS) is 11.6. The summed E-state index contributed by atoms with van der Waals surface area (Å²) in [6.45, 7) is 0.351. The van der Waals surface area contributed by atoms with Gasteiger partial charge in [0.2, 0.25) is 0 Å². The van der Waals surface area contributed by atoms with Gasteiger partial charge in [0.05, 0.1) is 15.7 Å². The maximum atomic E-state index is 13.2. The predicted molar refractivity (Wildman–Crippen MR) is 159 cm³/mol. The maximum absolute atomic E-state index is 13.2. The van der Waals surface area contributed by atoms with Crippen molar-refractivity contribution in [3.63, 3.8) is 0 Å². The number of nitrogens with zero attached hydrogens (tertiary/aromatic N) is 1. The summed E-state index contributed by atoms with van der Waals surface area (Å²) in [5.41, 5.74) is 3.08. The van der Waals surface area contributed by atoms with E-state index < -0.39 is 11.5 Å². The third kappa shape index (κ3) is 5.88. The molecule has 2 N–H and O–H groups in total. The van der Waals surface area contributed by atoms with Gasteiger partial charge in [-0.2, -0.15) is 5.10 Å². The third-order valence-corrected chi connectivity index (χ3v) is 7.18. The molecule has 0 unspecified atom stereocenters. The van der Waals surface area contributed by atoms with Crippen LogP contribution in [0.5, 0.6) is 5.75 Å². The van der Waals surface area contributed by atoms with Crippen molar-refractivity contribution in [2.24, 2.45) is 5.10 Å². The fourth-order valence-corrected chi connectivity index (χ4v) is 5.30. The molecule has 0 spiro atoms. The average Bonchev–Trinajstić information content (AvgIpc) is 2.97. The minimum atomic E-state index is -1.92. The first-order valence-corrected chi connectivity index (χ1v) is 13.4. The molecule has 0 aromatic heterocycles. The highest BCUT2D eigenvalue weighted by Gasteiger charge is 2.39. The van der Waals surface area contributed by atoms with Crippen LogP contribution >= 0.6 is 27.5 Å². The van der Waals surface area contributed by atoms with Gasteiger partial charge in [0.15, 0.2) is 11.4 Å². The molecule has 0 saturated heterocycles. The largest absolute Gasteiger partial charge is 0.486 e. The van der Waals surface area contributed by atoms with Crippen molar-refractivity contribution in [2.75, 3.05) is 0 Å². The molecule has 0 radical (unpaired) electrons. The van der Waals surface area contributed by atoms with Gasteiger partial charge in [-0.1, -0.05) is 109 Å². The van der Waals surface area contributed by atoms with E-state index in [1.165, 1.54) is 11.6 Å². The van der Waals surface area contributed by atoms with Crippen molar-refractivity contribution in [1.82, 2.24) is 5.43 Å². The van der Waals surface area contributed by atoms with Crippen LogP contribution in [0.1, 0.15) is 22.3 Å². The Balaban J connectivity index is 1.30. The van der Waals surface area contributed by atoms with Crippen LogP contribution in [0, 0.1) is 0 Å². The van der Waals surface area contributed by atoms with Crippen molar-refractivity contribution < 1.29 is 14.6 Å². The van der Waals surface area contributed by atoms with Gasteiger partial charge in [-0.25, -0.2) is 5.43 Å². The highest BCUT2D eigenvalue weighted by Crippen LogP contribution is 2.35. The lowest BCUT2D eigenvalue weighted by Gasteiger charge is -2.27. The molecule has 0 aliphatic heterocycles. The van der Waals surface area contributed by atoms with E-state index in [4.69, 9.17) is 16.3 Å².